The molecule has 0 saturated carbocycles. The first-order chi connectivity index (χ1) is 8.31. The number of ether oxygens (including phenoxy) is 1. The van der Waals surface area contributed by atoms with Crippen LogP contribution in [0.5, 0.6) is 0 Å². The minimum Gasteiger partial charge on any atom is -0.377 e. The van der Waals surface area contributed by atoms with Crippen LogP contribution in [0.1, 0.15) is 32.3 Å². The maximum absolute atomic E-state index is 5.77. The van der Waals surface area contributed by atoms with Gasteiger partial charge in [0.15, 0.2) is 0 Å². The topological polar surface area (TPSA) is 47.3 Å². The molecule has 0 spiro atoms. The van der Waals surface area contributed by atoms with Crippen molar-refractivity contribution in [2.75, 3.05) is 6.61 Å². The van der Waals surface area contributed by atoms with E-state index in [1.54, 1.807) is 0 Å². The van der Waals surface area contributed by atoms with Crippen LogP contribution in [0.3, 0.4) is 0 Å². The van der Waals surface area contributed by atoms with Gasteiger partial charge in [0.05, 0.1) is 12.1 Å². The second-order valence-electron chi connectivity index (χ2n) is 4.25. The zero-order valence-electron chi connectivity index (χ0n) is 10.9. The molecule has 0 aliphatic heterocycles. The lowest BCUT2D eigenvalue weighted by Gasteiger charge is -2.26. The fraction of sp³-hybridized carbons (Fsp3) is 0.571. The molecule has 1 aromatic carbocycles. The molecule has 2 unspecified atom stereocenters. The summed E-state index contributed by atoms with van der Waals surface area (Å²) < 4.78 is 5.77. The highest BCUT2D eigenvalue weighted by atomic mass is 16.5. The quantitative estimate of drug-likeness (QED) is 0.537. The molecule has 2 atom stereocenters. The van der Waals surface area contributed by atoms with Crippen LogP contribution in [0.4, 0.5) is 0 Å². The van der Waals surface area contributed by atoms with Crippen molar-refractivity contribution in [1.29, 1.82) is 0 Å². The highest BCUT2D eigenvalue weighted by molar-refractivity contribution is 5.16. The van der Waals surface area contributed by atoms with Gasteiger partial charge >= 0.3 is 0 Å². The highest BCUT2D eigenvalue weighted by Crippen LogP contribution is 2.12. The maximum atomic E-state index is 5.77. The molecule has 0 fully saturated rings. The first kappa shape index (κ1) is 14.2. The molecule has 0 bridgehead atoms. The van der Waals surface area contributed by atoms with Crippen LogP contribution >= 0.6 is 0 Å². The minimum absolute atomic E-state index is 0.178. The summed E-state index contributed by atoms with van der Waals surface area (Å²) in [6.07, 6.45) is 3.24. The molecule has 0 aliphatic carbocycles. The lowest BCUT2D eigenvalue weighted by Crippen LogP contribution is -2.46. The number of hydrogen-bond acceptors (Lipinski definition) is 3. The Morgan fingerprint density at radius 1 is 1.24 bits per heavy atom. The Bertz CT molecular complexity index is 284. The summed E-state index contributed by atoms with van der Waals surface area (Å²) in [6.45, 7) is 4.93. The van der Waals surface area contributed by atoms with Gasteiger partial charge in [-0.15, -0.1) is 0 Å². The summed E-state index contributed by atoms with van der Waals surface area (Å²) in [5, 5.41) is 0. The third kappa shape index (κ3) is 4.86. The van der Waals surface area contributed by atoms with Gasteiger partial charge in [0.25, 0.3) is 0 Å². The molecule has 0 heterocycles. The summed E-state index contributed by atoms with van der Waals surface area (Å²) in [5.41, 5.74) is 4.18. The number of nitrogens with one attached hydrogen (secondary N) is 1. The third-order valence-electron chi connectivity index (χ3n) is 2.92. The van der Waals surface area contributed by atoms with Gasteiger partial charge in [-0.2, -0.15) is 0 Å². The Balaban J connectivity index is 2.61. The fourth-order valence-electron chi connectivity index (χ4n) is 2.06. The second kappa shape index (κ2) is 8.23. The Hall–Kier alpha value is -0.900. The van der Waals surface area contributed by atoms with Gasteiger partial charge in [-0.3, -0.25) is 11.3 Å². The SMILES string of the molecule is CCCC(OCC)C(Cc1ccccc1)NN. The summed E-state index contributed by atoms with van der Waals surface area (Å²) in [6, 6.07) is 10.6. The van der Waals surface area contributed by atoms with Crippen LogP contribution in [0, 0.1) is 0 Å². The molecule has 0 amide bonds. The number of rotatable bonds is 8. The van der Waals surface area contributed by atoms with E-state index < -0.39 is 0 Å². The van der Waals surface area contributed by atoms with Gasteiger partial charge in [-0.1, -0.05) is 43.7 Å². The number of hydrogen-bond donors (Lipinski definition) is 2. The van der Waals surface area contributed by atoms with E-state index in [-0.39, 0.29) is 12.1 Å². The molecule has 1 aromatic rings. The van der Waals surface area contributed by atoms with Crippen molar-refractivity contribution < 1.29 is 4.74 Å². The van der Waals surface area contributed by atoms with Crippen molar-refractivity contribution in [2.45, 2.75) is 45.3 Å². The van der Waals surface area contributed by atoms with Crippen molar-refractivity contribution >= 4 is 0 Å². The molecule has 0 aromatic heterocycles. The van der Waals surface area contributed by atoms with Gasteiger partial charge in [-0.25, -0.2) is 0 Å². The Kier molecular flexibility index (Phi) is 6.86. The van der Waals surface area contributed by atoms with Crippen molar-refractivity contribution in [3.05, 3.63) is 35.9 Å². The number of nitrogens with two attached hydrogens (primary N) is 1. The first-order valence-electron chi connectivity index (χ1n) is 6.43. The van der Waals surface area contributed by atoms with E-state index in [0.29, 0.717) is 0 Å². The molecular weight excluding hydrogens is 212 g/mol. The van der Waals surface area contributed by atoms with Crippen LogP contribution in [0.15, 0.2) is 30.3 Å². The Morgan fingerprint density at radius 3 is 2.47 bits per heavy atom. The maximum Gasteiger partial charge on any atom is 0.0744 e. The standard InChI is InChI=1S/C14H24N2O/c1-3-8-14(17-4-2)13(16-15)11-12-9-6-5-7-10-12/h5-7,9-10,13-14,16H,3-4,8,11,15H2,1-2H3. The lowest BCUT2D eigenvalue weighted by atomic mass is 9.99. The van der Waals surface area contributed by atoms with Crippen molar-refractivity contribution in [1.82, 2.24) is 5.43 Å². The summed E-state index contributed by atoms with van der Waals surface area (Å²) in [5.74, 6) is 5.65. The zero-order valence-corrected chi connectivity index (χ0v) is 10.9. The van der Waals surface area contributed by atoms with Crippen molar-refractivity contribution in [2.24, 2.45) is 5.84 Å². The van der Waals surface area contributed by atoms with E-state index in [9.17, 15) is 0 Å². The summed E-state index contributed by atoms with van der Waals surface area (Å²) in [7, 11) is 0. The van der Waals surface area contributed by atoms with Gasteiger partial charge in [0, 0.05) is 6.61 Å². The Morgan fingerprint density at radius 2 is 1.94 bits per heavy atom. The van der Waals surface area contributed by atoms with Crippen LogP contribution in [-0.2, 0) is 11.2 Å². The molecule has 17 heavy (non-hydrogen) atoms. The molecule has 3 nitrogen and oxygen atoms in total. The molecule has 1 rings (SSSR count). The van der Waals surface area contributed by atoms with E-state index in [0.717, 1.165) is 25.9 Å². The number of hydrazine groups is 1. The normalized spacial score (nSPS) is 14.5. The van der Waals surface area contributed by atoms with E-state index >= 15 is 0 Å². The molecule has 0 saturated heterocycles. The van der Waals surface area contributed by atoms with E-state index in [4.69, 9.17) is 10.6 Å². The monoisotopic (exact) mass is 236 g/mol. The molecule has 0 aliphatic rings. The molecule has 3 heteroatoms. The lowest BCUT2D eigenvalue weighted by molar-refractivity contribution is 0.0281. The minimum atomic E-state index is 0.178. The van der Waals surface area contributed by atoms with Crippen molar-refractivity contribution in [3.8, 4) is 0 Å². The predicted molar refractivity (Wildman–Crippen MR) is 71.6 cm³/mol. The molecule has 96 valence electrons. The van der Waals surface area contributed by atoms with Gasteiger partial charge in [0.2, 0.25) is 0 Å². The fourth-order valence-corrected chi connectivity index (χ4v) is 2.06. The zero-order chi connectivity index (χ0) is 12.5. The largest absolute Gasteiger partial charge is 0.377 e. The van der Waals surface area contributed by atoms with E-state index in [2.05, 4.69) is 36.6 Å². The average Bonchev–Trinajstić information content (AvgIpc) is 2.37. The predicted octanol–water partition coefficient (Wildman–Crippen LogP) is 2.27. The van der Waals surface area contributed by atoms with E-state index in [1.165, 1.54) is 5.56 Å². The average molecular weight is 236 g/mol. The smallest absolute Gasteiger partial charge is 0.0744 e. The Labute approximate surface area is 104 Å². The molecular formula is C14H24N2O. The third-order valence-corrected chi connectivity index (χ3v) is 2.92. The van der Waals surface area contributed by atoms with E-state index in [1.807, 2.05) is 13.0 Å². The van der Waals surface area contributed by atoms with Crippen molar-refractivity contribution in [3.63, 3.8) is 0 Å². The highest BCUT2D eigenvalue weighted by Gasteiger charge is 2.20. The molecule has 0 radical (unpaired) electrons. The summed E-state index contributed by atoms with van der Waals surface area (Å²) in [4.78, 5) is 0. The van der Waals surface area contributed by atoms with Crippen LogP contribution in [0.25, 0.3) is 0 Å². The van der Waals surface area contributed by atoms with Crippen LogP contribution in [-0.4, -0.2) is 18.8 Å². The van der Waals surface area contributed by atoms with Crippen LogP contribution < -0.4 is 11.3 Å². The number of benzene rings is 1. The molecule has 3 N–H and O–H groups in total. The van der Waals surface area contributed by atoms with Gasteiger partial charge < -0.3 is 4.74 Å². The van der Waals surface area contributed by atoms with Gasteiger partial charge in [-0.05, 0) is 25.3 Å². The second-order valence-corrected chi connectivity index (χ2v) is 4.25. The summed E-state index contributed by atoms with van der Waals surface area (Å²) >= 11 is 0. The van der Waals surface area contributed by atoms with Gasteiger partial charge in [0.1, 0.15) is 0 Å². The van der Waals surface area contributed by atoms with Crippen LogP contribution in [0.2, 0.25) is 0 Å². The first-order valence-corrected chi connectivity index (χ1v) is 6.43.